The fraction of sp³-hybridized carbons (Fsp3) is 0.600. The molecular formula is C15H23Cl. The van der Waals surface area contributed by atoms with Gasteiger partial charge in [0.15, 0.2) is 0 Å². The molecule has 1 aliphatic rings. The van der Waals surface area contributed by atoms with Crippen LogP contribution in [-0.4, -0.2) is 0 Å². The van der Waals surface area contributed by atoms with Crippen molar-refractivity contribution in [2.24, 2.45) is 5.92 Å². The lowest BCUT2D eigenvalue weighted by Gasteiger charge is -2.18. The van der Waals surface area contributed by atoms with Crippen LogP contribution in [0.1, 0.15) is 52.5 Å². The SMILES string of the molecule is CC.CC(C)CC1(c2ccc(Cl)cc2)CC1. The molecule has 0 atom stereocenters. The van der Waals surface area contributed by atoms with Gasteiger partial charge in [-0.05, 0) is 48.3 Å². The van der Waals surface area contributed by atoms with Gasteiger partial charge in [0.1, 0.15) is 0 Å². The van der Waals surface area contributed by atoms with Gasteiger partial charge in [0, 0.05) is 5.02 Å². The molecule has 0 unspecified atom stereocenters. The summed E-state index contributed by atoms with van der Waals surface area (Å²) in [4.78, 5) is 0. The maximum Gasteiger partial charge on any atom is 0.0406 e. The van der Waals surface area contributed by atoms with Crippen molar-refractivity contribution >= 4 is 11.6 Å². The second kappa shape index (κ2) is 5.72. The van der Waals surface area contributed by atoms with Gasteiger partial charge in [0.05, 0.1) is 0 Å². The Bertz CT molecular complexity index is 307. The Morgan fingerprint density at radius 2 is 1.62 bits per heavy atom. The summed E-state index contributed by atoms with van der Waals surface area (Å²) >= 11 is 5.89. The monoisotopic (exact) mass is 238 g/mol. The minimum absolute atomic E-state index is 0.499. The first-order valence-electron chi connectivity index (χ1n) is 6.38. The van der Waals surface area contributed by atoms with Gasteiger partial charge in [0.25, 0.3) is 0 Å². The van der Waals surface area contributed by atoms with Crippen LogP contribution in [0.5, 0.6) is 0 Å². The average molecular weight is 239 g/mol. The van der Waals surface area contributed by atoms with E-state index < -0.39 is 0 Å². The number of halogens is 1. The first-order chi connectivity index (χ1) is 7.62. The van der Waals surface area contributed by atoms with E-state index >= 15 is 0 Å². The predicted octanol–water partition coefficient (Wildman–Crippen LogP) is 5.44. The van der Waals surface area contributed by atoms with E-state index in [4.69, 9.17) is 11.6 Å². The number of hydrogen-bond acceptors (Lipinski definition) is 0. The molecule has 90 valence electrons. The molecule has 0 saturated heterocycles. The Balaban J connectivity index is 0.000000606. The lowest BCUT2D eigenvalue weighted by atomic mass is 9.87. The molecule has 1 fully saturated rings. The smallest absolute Gasteiger partial charge is 0.0406 e. The molecule has 0 heterocycles. The van der Waals surface area contributed by atoms with Gasteiger partial charge >= 0.3 is 0 Å². The van der Waals surface area contributed by atoms with Crippen LogP contribution < -0.4 is 0 Å². The van der Waals surface area contributed by atoms with Crippen molar-refractivity contribution in [2.75, 3.05) is 0 Å². The second-order valence-corrected chi connectivity index (χ2v) is 5.32. The number of hydrogen-bond donors (Lipinski definition) is 0. The van der Waals surface area contributed by atoms with E-state index in [2.05, 4.69) is 26.0 Å². The summed E-state index contributed by atoms with van der Waals surface area (Å²) in [5.41, 5.74) is 1.98. The van der Waals surface area contributed by atoms with E-state index in [1.165, 1.54) is 24.8 Å². The summed E-state index contributed by atoms with van der Waals surface area (Å²) in [6.07, 6.45) is 4.02. The summed E-state index contributed by atoms with van der Waals surface area (Å²) in [7, 11) is 0. The van der Waals surface area contributed by atoms with Gasteiger partial charge in [-0.25, -0.2) is 0 Å². The van der Waals surface area contributed by atoms with Crippen molar-refractivity contribution in [1.29, 1.82) is 0 Å². The molecule has 1 aliphatic carbocycles. The van der Waals surface area contributed by atoms with Crippen molar-refractivity contribution in [1.82, 2.24) is 0 Å². The van der Waals surface area contributed by atoms with Crippen molar-refractivity contribution in [2.45, 2.75) is 52.4 Å². The Morgan fingerprint density at radius 1 is 1.12 bits per heavy atom. The second-order valence-electron chi connectivity index (χ2n) is 4.89. The molecule has 0 bridgehead atoms. The lowest BCUT2D eigenvalue weighted by Crippen LogP contribution is -2.09. The zero-order chi connectivity index (χ0) is 12.2. The van der Waals surface area contributed by atoms with Crippen LogP contribution in [0, 0.1) is 5.92 Å². The highest BCUT2D eigenvalue weighted by atomic mass is 35.5. The molecule has 0 amide bonds. The van der Waals surface area contributed by atoms with Crippen LogP contribution >= 0.6 is 11.6 Å². The van der Waals surface area contributed by atoms with Gasteiger partial charge in [0.2, 0.25) is 0 Å². The van der Waals surface area contributed by atoms with E-state index in [9.17, 15) is 0 Å². The van der Waals surface area contributed by atoms with Gasteiger partial charge in [-0.1, -0.05) is 51.4 Å². The third-order valence-electron chi connectivity index (χ3n) is 3.11. The Labute approximate surface area is 105 Å². The van der Waals surface area contributed by atoms with E-state index in [1.54, 1.807) is 0 Å². The quantitative estimate of drug-likeness (QED) is 0.658. The molecule has 2 rings (SSSR count). The Morgan fingerprint density at radius 3 is 2.00 bits per heavy atom. The van der Waals surface area contributed by atoms with Crippen molar-refractivity contribution < 1.29 is 0 Å². The van der Waals surface area contributed by atoms with Crippen LogP contribution in [0.3, 0.4) is 0 Å². The predicted molar refractivity (Wildman–Crippen MR) is 73.2 cm³/mol. The Hall–Kier alpha value is -0.490. The molecule has 1 aromatic carbocycles. The van der Waals surface area contributed by atoms with Gasteiger partial charge in [-0.3, -0.25) is 0 Å². The van der Waals surface area contributed by atoms with Crippen LogP contribution in [0.2, 0.25) is 5.02 Å². The standard InChI is InChI=1S/C13H17Cl.C2H6/c1-10(2)9-13(7-8-13)11-3-5-12(14)6-4-11;1-2/h3-6,10H,7-9H2,1-2H3;1-2H3. The average Bonchev–Trinajstić information content (AvgIpc) is 3.02. The topological polar surface area (TPSA) is 0 Å². The summed E-state index contributed by atoms with van der Waals surface area (Å²) in [6.45, 7) is 8.60. The molecule has 1 heteroatoms. The highest BCUT2D eigenvalue weighted by Gasteiger charge is 2.43. The van der Waals surface area contributed by atoms with Crippen molar-refractivity contribution in [3.8, 4) is 0 Å². The number of rotatable bonds is 3. The lowest BCUT2D eigenvalue weighted by molar-refractivity contribution is 0.487. The van der Waals surface area contributed by atoms with Gasteiger partial charge in [-0.2, -0.15) is 0 Å². The first-order valence-corrected chi connectivity index (χ1v) is 6.76. The molecule has 16 heavy (non-hydrogen) atoms. The van der Waals surface area contributed by atoms with E-state index in [0.29, 0.717) is 5.41 Å². The zero-order valence-corrected chi connectivity index (χ0v) is 11.6. The molecular weight excluding hydrogens is 216 g/mol. The van der Waals surface area contributed by atoms with Gasteiger partial charge in [-0.15, -0.1) is 0 Å². The fourth-order valence-corrected chi connectivity index (χ4v) is 2.47. The minimum atomic E-state index is 0.499. The van der Waals surface area contributed by atoms with Crippen LogP contribution in [-0.2, 0) is 5.41 Å². The molecule has 0 aliphatic heterocycles. The highest BCUT2D eigenvalue weighted by molar-refractivity contribution is 6.30. The zero-order valence-electron chi connectivity index (χ0n) is 10.9. The largest absolute Gasteiger partial charge is 0.0843 e. The maximum atomic E-state index is 5.89. The van der Waals surface area contributed by atoms with Crippen LogP contribution in [0.4, 0.5) is 0 Å². The number of benzene rings is 1. The summed E-state index contributed by atoms with van der Waals surface area (Å²) in [6, 6.07) is 8.41. The van der Waals surface area contributed by atoms with Crippen LogP contribution in [0.25, 0.3) is 0 Å². The fourth-order valence-electron chi connectivity index (χ4n) is 2.35. The third-order valence-corrected chi connectivity index (χ3v) is 3.36. The molecule has 1 saturated carbocycles. The molecule has 0 N–H and O–H groups in total. The van der Waals surface area contributed by atoms with Gasteiger partial charge < -0.3 is 0 Å². The summed E-state index contributed by atoms with van der Waals surface area (Å²) in [5, 5.41) is 0.842. The normalized spacial score (nSPS) is 16.6. The minimum Gasteiger partial charge on any atom is -0.0843 e. The molecule has 0 radical (unpaired) electrons. The van der Waals surface area contributed by atoms with Crippen molar-refractivity contribution in [3.05, 3.63) is 34.9 Å². The first kappa shape index (κ1) is 13.6. The van der Waals surface area contributed by atoms with E-state index in [-0.39, 0.29) is 0 Å². The molecule has 0 spiro atoms. The maximum absolute atomic E-state index is 5.89. The molecule has 1 aromatic rings. The van der Waals surface area contributed by atoms with E-state index in [1.807, 2.05) is 26.0 Å². The summed E-state index contributed by atoms with van der Waals surface area (Å²) < 4.78 is 0. The molecule has 0 nitrogen and oxygen atoms in total. The highest BCUT2D eigenvalue weighted by Crippen LogP contribution is 2.52. The van der Waals surface area contributed by atoms with E-state index in [0.717, 1.165) is 10.9 Å². The van der Waals surface area contributed by atoms with Crippen LogP contribution in [0.15, 0.2) is 24.3 Å². The third kappa shape index (κ3) is 3.25. The Kier molecular flexibility index (Phi) is 4.86. The van der Waals surface area contributed by atoms with Crippen molar-refractivity contribution in [3.63, 3.8) is 0 Å². The molecule has 0 aromatic heterocycles. The summed E-state index contributed by atoms with van der Waals surface area (Å²) in [5.74, 6) is 0.785.